The van der Waals surface area contributed by atoms with Crippen LogP contribution in [0.4, 0.5) is 0 Å². The molecule has 0 spiro atoms. The van der Waals surface area contributed by atoms with Crippen molar-refractivity contribution < 1.29 is 24.2 Å². The number of aromatic carboxylic acids is 1. The number of hydrogen-bond donors (Lipinski definition) is 1. The number of benzene rings is 1. The van der Waals surface area contributed by atoms with E-state index in [2.05, 4.69) is 0 Å². The van der Waals surface area contributed by atoms with Crippen LogP contribution in [0.1, 0.15) is 27.0 Å². The van der Waals surface area contributed by atoms with Gasteiger partial charge in [0.05, 0.1) is 0 Å². The topological polar surface area (TPSA) is 72.8 Å². The number of carbonyl (C=O) groups excluding carboxylic acids is 1. The molecule has 2 aromatic rings. The maximum atomic E-state index is 11.9. The van der Waals surface area contributed by atoms with Crippen LogP contribution in [0, 0.1) is 0 Å². The lowest BCUT2D eigenvalue weighted by Crippen LogP contribution is -2.16. The van der Waals surface area contributed by atoms with Crippen LogP contribution in [-0.4, -0.2) is 30.1 Å². The Balaban J connectivity index is 2.23. The zero-order chi connectivity index (χ0) is 15.0. The third-order valence-corrected chi connectivity index (χ3v) is 4.11. The zero-order valence-corrected chi connectivity index (χ0v) is 12.0. The minimum atomic E-state index is -1.01. The van der Waals surface area contributed by atoms with Crippen molar-refractivity contribution in [1.82, 2.24) is 0 Å². The first-order chi connectivity index (χ1) is 10.1. The molecule has 108 valence electrons. The van der Waals surface area contributed by atoms with Gasteiger partial charge >= 0.3 is 5.97 Å². The fourth-order valence-corrected chi connectivity index (χ4v) is 3.04. The van der Waals surface area contributed by atoms with Crippen molar-refractivity contribution in [2.75, 3.05) is 13.2 Å². The molecule has 0 bridgehead atoms. The summed E-state index contributed by atoms with van der Waals surface area (Å²) in [7, 11) is 0. The number of ether oxygens (including phenoxy) is 2. The van der Waals surface area contributed by atoms with Crippen molar-refractivity contribution >= 4 is 23.1 Å². The molecular weight excluding hydrogens is 292 g/mol. The monoisotopic (exact) mass is 304 g/mol. The lowest BCUT2D eigenvalue weighted by molar-refractivity contribution is 0.0702. The first kappa shape index (κ1) is 13.6. The van der Waals surface area contributed by atoms with Gasteiger partial charge in [-0.3, -0.25) is 4.79 Å². The molecule has 21 heavy (non-hydrogen) atoms. The van der Waals surface area contributed by atoms with Crippen molar-refractivity contribution in [2.45, 2.75) is 6.92 Å². The Kier molecular flexibility index (Phi) is 3.39. The lowest BCUT2D eigenvalue weighted by atomic mass is 9.97. The first-order valence-electron chi connectivity index (χ1n) is 6.33. The number of carboxylic acid groups (broad SMARTS) is 1. The van der Waals surface area contributed by atoms with E-state index in [0.29, 0.717) is 41.4 Å². The smallest absolute Gasteiger partial charge is 0.346 e. The molecule has 0 radical (unpaired) electrons. The molecule has 1 aromatic heterocycles. The summed E-state index contributed by atoms with van der Waals surface area (Å²) >= 11 is 1.13. The Morgan fingerprint density at radius 3 is 2.43 bits per heavy atom. The van der Waals surface area contributed by atoms with Crippen LogP contribution in [0.5, 0.6) is 11.5 Å². The summed E-state index contributed by atoms with van der Waals surface area (Å²) in [4.78, 5) is 23.4. The number of Topliss-reactive ketones (excluding diaryl/α,β-unsaturated/α-hetero) is 1. The van der Waals surface area contributed by atoms with Crippen LogP contribution >= 0.6 is 11.3 Å². The predicted octanol–water partition coefficient (Wildman–Crippen LogP) is 3.09. The normalized spacial score (nSPS) is 13.0. The van der Waals surface area contributed by atoms with E-state index in [9.17, 15) is 14.7 Å². The average molecular weight is 304 g/mol. The van der Waals surface area contributed by atoms with Crippen LogP contribution < -0.4 is 9.47 Å². The molecule has 2 heterocycles. The highest BCUT2D eigenvalue weighted by molar-refractivity contribution is 7.12. The summed E-state index contributed by atoms with van der Waals surface area (Å²) in [5, 5.41) is 10.9. The van der Waals surface area contributed by atoms with Gasteiger partial charge in [0.25, 0.3) is 0 Å². The number of ketones is 1. The lowest BCUT2D eigenvalue weighted by Gasteiger charge is -2.20. The highest BCUT2D eigenvalue weighted by atomic mass is 32.1. The Bertz CT molecular complexity index is 732. The van der Waals surface area contributed by atoms with Crippen LogP contribution in [-0.2, 0) is 0 Å². The third kappa shape index (κ3) is 2.38. The predicted molar refractivity (Wildman–Crippen MR) is 77.7 cm³/mol. The van der Waals surface area contributed by atoms with Crippen LogP contribution in [0.2, 0.25) is 0 Å². The maximum Gasteiger partial charge on any atom is 0.346 e. The Morgan fingerprint density at radius 1 is 1.14 bits per heavy atom. The summed E-state index contributed by atoms with van der Waals surface area (Å²) in [6, 6.07) is 5.00. The molecule has 1 aliphatic heterocycles. The van der Waals surface area contributed by atoms with Crippen LogP contribution in [0.3, 0.4) is 0 Å². The molecule has 0 unspecified atom stereocenters. The summed E-state index contributed by atoms with van der Waals surface area (Å²) in [5.74, 6) is -0.111. The molecule has 1 aromatic carbocycles. The van der Waals surface area contributed by atoms with Gasteiger partial charge in [0.2, 0.25) is 0 Å². The first-order valence-corrected chi connectivity index (χ1v) is 7.21. The highest BCUT2D eigenvalue weighted by Crippen LogP contribution is 2.40. The van der Waals surface area contributed by atoms with Gasteiger partial charge in [-0.1, -0.05) is 0 Å². The molecule has 0 atom stereocenters. The van der Waals surface area contributed by atoms with Gasteiger partial charge < -0.3 is 14.6 Å². The molecule has 1 aliphatic rings. The molecule has 0 saturated carbocycles. The fourth-order valence-electron chi connectivity index (χ4n) is 2.29. The Hall–Kier alpha value is -2.34. The highest BCUT2D eigenvalue weighted by Gasteiger charge is 2.22. The van der Waals surface area contributed by atoms with Crippen LogP contribution in [0.25, 0.3) is 11.1 Å². The van der Waals surface area contributed by atoms with Gasteiger partial charge in [-0.25, -0.2) is 4.79 Å². The van der Waals surface area contributed by atoms with E-state index < -0.39 is 5.97 Å². The van der Waals surface area contributed by atoms with Gasteiger partial charge in [0, 0.05) is 11.1 Å². The van der Waals surface area contributed by atoms with E-state index in [1.54, 1.807) is 23.6 Å². The summed E-state index contributed by atoms with van der Waals surface area (Å²) in [5.41, 5.74) is 1.51. The van der Waals surface area contributed by atoms with Crippen LogP contribution in [0.15, 0.2) is 23.6 Å². The number of carboxylic acids is 1. The molecule has 5 nitrogen and oxygen atoms in total. The third-order valence-electron chi connectivity index (χ3n) is 3.21. The largest absolute Gasteiger partial charge is 0.486 e. The molecule has 0 fully saturated rings. The van der Waals surface area contributed by atoms with E-state index in [1.807, 2.05) is 0 Å². The zero-order valence-electron chi connectivity index (χ0n) is 11.2. The summed E-state index contributed by atoms with van der Waals surface area (Å²) in [6.45, 7) is 2.31. The van der Waals surface area contributed by atoms with Gasteiger partial charge in [0.1, 0.15) is 18.1 Å². The van der Waals surface area contributed by atoms with E-state index >= 15 is 0 Å². The maximum absolute atomic E-state index is 11.9. The SMILES string of the molecule is CC(=O)c1cc2c(cc1-c1ccsc1C(=O)O)OCCO2. The molecule has 6 heteroatoms. The van der Waals surface area contributed by atoms with Gasteiger partial charge in [-0.2, -0.15) is 0 Å². The van der Waals surface area contributed by atoms with Crippen molar-refractivity contribution in [3.63, 3.8) is 0 Å². The molecule has 0 aliphatic carbocycles. The molecule has 0 saturated heterocycles. The second kappa shape index (κ2) is 5.21. The van der Waals surface area contributed by atoms with E-state index in [1.165, 1.54) is 6.92 Å². The quantitative estimate of drug-likeness (QED) is 0.882. The van der Waals surface area contributed by atoms with Crippen molar-refractivity contribution in [1.29, 1.82) is 0 Å². The minimum absolute atomic E-state index is 0.149. The number of carbonyl (C=O) groups is 2. The van der Waals surface area contributed by atoms with Gasteiger partial charge in [-0.15, -0.1) is 11.3 Å². The van der Waals surface area contributed by atoms with Gasteiger partial charge in [-0.05, 0) is 36.1 Å². The van der Waals surface area contributed by atoms with E-state index in [0.717, 1.165) is 11.3 Å². The Morgan fingerprint density at radius 2 is 1.81 bits per heavy atom. The Labute approximate surface area is 124 Å². The molecular formula is C15H12O5S. The second-order valence-electron chi connectivity index (χ2n) is 4.57. The molecule has 1 N–H and O–H groups in total. The van der Waals surface area contributed by atoms with Gasteiger partial charge in [0.15, 0.2) is 17.3 Å². The number of hydrogen-bond acceptors (Lipinski definition) is 5. The van der Waals surface area contributed by atoms with E-state index in [4.69, 9.17) is 9.47 Å². The summed E-state index contributed by atoms with van der Waals surface area (Å²) < 4.78 is 11.0. The minimum Gasteiger partial charge on any atom is -0.486 e. The average Bonchev–Trinajstić information content (AvgIpc) is 2.95. The van der Waals surface area contributed by atoms with E-state index in [-0.39, 0.29) is 10.7 Å². The number of thiophene rings is 1. The fraction of sp³-hybridized carbons (Fsp3) is 0.200. The molecule has 3 rings (SSSR count). The summed E-state index contributed by atoms with van der Waals surface area (Å²) in [6.07, 6.45) is 0. The number of rotatable bonds is 3. The standard InChI is InChI=1S/C15H12O5S/c1-8(16)10-6-12-13(20-4-3-19-12)7-11(10)9-2-5-21-14(9)15(17)18/h2,5-7H,3-4H2,1H3,(H,17,18). The second-order valence-corrected chi connectivity index (χ2v) is 5.48. The van der Waals surface area contributed by atoms with Crippen molar-refractivity contribution in [3.05, 3.63) is 34.0 Å². The molecule has 0 amide bonds. The number of fused-ring (bicyclic) bond motifs is 1. The van der Waals surface area contributed by atoms with Crippen molar-refractivity contribution in [3.8, 4) is 22.6 Å². The van der Waals surface area contributed by atoms with Crippen molar-refractivity contribution in [2.24, 2.45) is 0 Å².